The van der Waals surface area contributed by atoms with E-state index in [0.717, 1.165) is 6.42 Å². The van der Waals surface area contributed by atoms with E-state index >= 15 is 0 Å². The number of carbonyl (C=O) groups excluding carboxylic acids is 1. The Morgan fingerprint density at radius 2 is 2.03 bits per heavy atom. The van der Waals surface area contributed by atoms with Crippen LogP contribution in [0.2, 0.25) is 0 Å². The molecule has 1 fully saturated rings. The van der Waals surface area contributed by atoms with Crippen molar-refractivity contribution in [2.45, 2.75) is 31.7 Å². The molecule has 0 saturated carbocycles. The molecule has 0 radical (unpaired) electrons. The van der Waals surface area contributed by atoms with Crippen LogP contribution < -0.4 is 11.1 Å². The summed E-state index contributed by atoms with van der Waals surface area (Å²) in [7, 11) is -3.70. The van der Waals surface area contributed by atoms with Gasteiger partial charge in [0.25, 0.3) is 0 Å². The monoisotopic (exact) mass is 450 g/mol. The van der Waals surface area contributed by atoms with Crippen molar-refractivity contribution >= 4 is 43.5 Å². The Hall–Kier alpha value is -2.50. The molecule has 160 valence electrons. The lowest BCUT2D eigenvalue weighted by atomic mass is 9.94. The van der Waals surface area contributed by atoms with Gasteiger partial charge in [0.2, 0.25) is 15.9 Å². The van der Waals surface area contributed by atoms with Gasteiger partial charge in [-0.3, -0.25) is 9.36 Å². The van der Waals surface area contributed by atoms with Gasteiger partial charge in [-0.05, 0) is 30.4 Å². The number of hydrogen-bond donors (Lipinski definition) is 1. The molecule has 1 N–H and O–H groups in total. The molecular formula is C19H22N4O5S2. The van der Waals surface area contributed by atoms with Gasteiger partial charge < -0.3 is 9.73 Å². The fourth-order valence-electron chi connectivity index (χ4n) is 3.90. The van der Waals surface area contributed by atoms with E-state index in [1.165, 1.54) is 38.4 Å². The second-order valence-corrected chi connectivity index (χ2v) is 10.6. The second kappa shape index (κ2) is 7.97. The molecule has 0 aliphatic carbocycles. The Bertz CT molecular complexity index is 1220. The van der Waals surface area contributed by atoms with Crippen LogP contribution in [0.25, 0.3) is 11.1 Å². The summed E-state index contributed by atoms with van der Waals surface area (Å²) in [5, 5.41) is 4.76. The van der Waals surface area contributed by atoms with E-state index in [2.05, 4.69) is 10.3 Å². The molecule has 1 aliphatic heterocycles. The average Bonchev–Trinajstić information content (AvgIpc) is 3.28. The molecule has 1 aromatic carbocycles. The van der Waals surface area contributed by atoms with Crippen molar-refractivity contribution in [1.82, 2.24) is 13.9 Å². The van der Waals surface area contributed by atoms with Gasteiger partial charge in [0, 0.05) is 30.7 Å². The number of piperidine rings is 1. The molecule has 0 unspecified atom stereocenters. The van der Waals surface area contributed by atoms with Crippen LogP contribution in [0.15, 0.2) is 43.9 Å². The number of nitrogens with one attached hydrogen (secondary N) is 1. The number of amides is 1. The Balaban J connectivity index is 1.61. The average molecular weight is 451 g/mol. The van der Waals surface area contributed by atoms with E-state index in [9.17, 15) is 18.0 Å². The first-order valence-corrected chi connectivity index (χ1v) is 11.9. The number of carbonyl (C=O) groups is 1. The van der Waals surface area contributed by atoms with Gasteiger partial charge in [0.05, 0.1) is 10.4 Å². The fourth-order valence-corrected chi connectivity index (χ4v) is 6.14. The first-order chi connectivity index (χ1) is 14.2. The molecule has 0 spiro atoms. The van der Waals surface area contributed by atoms with Crippen LogP contribution in [-0.4, -0.2) is 41.3 Å². The minimum atomic E-state index is -3.70. The van der Waals surface area contributed by atoms with Gasteiger partial charge in [0.15, 0.2) is 10.7 Å². The molecule has 2 atom stereocenters. The number of anilines is 1. The van der Waals surface area contributed by atoms with Crippen LogP contribution in [0.3, 0.4) is 0 Å². The zero-order valence-electron chi connectivity index (χ0n) is 16.6. The quantitative estimate of drug-likeness (QED) is 0.638. The summed E-state index contributed by atoms with van der Waals surface area (Å²) in [5.41, 5.74) is 0.481. The molecule has 1 aliphatic rings. The maximum atomic E-state index is 13.1. The molecule has 9 nitrogen and oxygen atoms in total. The van der Waals surface area contributed by atoms with Gasteiger partial charge in [-0.2, -0.15) is 4.31 Å². The Morgan fingerprint density at radius 3 is 2.70 bits per heavy atom. The van der Waals surface area contributed by atoms with E-state index in [0.29, 0.717) is 23.7 Å². The summed E-state index contributed by atoms with van der Waals surface area (Å²) >= 11 is 1.26. The zero-order chi connectivity index (χ0) is 21.5. The van der Waals surface area contributed by atoms with Gasteiger partial charge in [-0.25, -0.2) is 18.2 Å². The van der Waals surface area contributed by atoms with Gasteiger partial charge in [0.1, 0.15) is 6.54 Å². The molecule has 0 bridgehead atoms. The lowest BCUT2D eigenvalue weighted by molar-refractivity contribution is -0.116. The number of rotatable bonds is 5. The summed E-state index contributed by atoms with van der Waals surface area (Å²) in [6.07, 6.45) is 2.55. The molecule has 11 heteroatoms. The third-order valence-corrected chi connectivity index (χ3v) is 7.61. The lowest BCUT2D eigenvalue weighted by Gasteiger charge is -2.34. The number of sulfonamides is 1. The predicted octanol–water partition coefficient (Wildman–Crippen LogP) is 2.36. The van der Waals surface area contributed by atoms with Crippen molar-refractivity contribution in [2.75, 3.05) is 18.4 Å². The number of aromatic nitrogens is 2. The number of hydrogen-bond acceptors (Lipinski definition) is 7. The number of benzene rings is 1. The third kappa shape index (κ3) is 4.05. The highest BCUT2D eigenvalue weighted by Gasteiger charge is 2.32. The van der Waals surface area contributed by atoms with Crippen molar-refractivity contribution in [1.29, 1.82) is 0 Å². The Kier molecular flexibility index (Phi) is 5.51. The van der Waals surface area contributed by atoms with Crippen LogP contribution in [0.4, 0.5) is 5.13 Å². The zero-order valence-corrected chi connectivity index (χ0v) is 18.2. The highest BCUT2D eigenvalue weighted by Crippen LogP contribution is 2.28. The largest absolute Gasteiger partial charge is 0.420 e. The van der Waals surface area contributed by atoms with Crippen molar-refractivity contribution in [3.63, 3.8) is 0 Å². The standard InChI is InChI=1S/C19H22N4O5S2/c1-12-7-13(2)10-22(9-12)30(26,27)14-3-4-15-16(8-14)28-19(25)23(15)11-17(24)21-18-20-5-6-29-18/h3-6,8,12-13H,7,9-11H2,1-2H3,(H,20,21,24)/t12-,13+. The smallest absolute Gasteiger partial charge is 0.408 e. The number of oxazole rings is 1. The topological polar surface area (TPSA) is 115 Å². The molecule has 1 amide bonds. The highest BCUT2D eigenvalue weighted by molar-refractivity contribution is 7.89. The van der Waals surface area contributed by atoms with Crippen molar-refractivity contribution in [2.24, 2.45) is 11.8 Å². The van der Waals surface area contributed by atoms with Crippen LogP contribution >= 0.6 is 11.3 Å². The maximum Gasteiger partial charge on any atom is 0.420 e. The van der Waals surface area contributed by atoms with Crippen LogP contribution in [0.5, 0.6) is 0 Å². The van der Waals surface area contributed by atoms with E-state index in [-0.39, 0.29) is 28.9 Å². The SMILES string of the molecule is C[C@@H]1C[C@H](C)CN(S(=O)(=O)c2ccc3c(c2)oc(=O)n3CC(=O)Nc2nccs2)C1. The molecular weight excluding hydrogens is 428 g/mol. The summed E-state index contributed by atoms with van der Waals surface area (Å²) in [6, 6.07) is 4.30. The molecule has 3 aromatic rings. The number of fused-ring (bicyclic) bond motifs is 1. The van der Waals surface area contributed by atoms with Gasteiger partial charge >= 0.3 is 5.76 Å². The van der Waals surface area contributed by atoms with Crippen LogP contribution in [0.1, 0.15) is 20.3 Å². The van der Waals surface area contributed by atoms with Crippen molar-refractivity contribution in [3.05, 3.63) is 40.3 Å². The maximum absolute atomic E-state index is 13.1. The lowest BCUT2D eigenvalue weighted by Crippen LogP contribution is -2.42. The van der Waals surface area contributed by atoms with Crippen molar-refractivity contribution < 1.29 is 17.6 Å². The summed E-state index contributed by atoms with van der Waals surface area (Å²) in [4.78, 5) is 28.5. The second-order valence-electron chi connectivity index (χ2n) is 7.74. The normalized spacial score (nSPS) is 20.5. The summed E-state index contributed by atoms with van der Waals surface area (Å²) < 4.78 is 34.1. The third-order valence-electron chi connectivity index (χ3n) is 5.09. The van der Waals surface area contributed by atoms with E-state index in [4.69, 9.17) is 4.42 Å². The molecule has 4 rings (SSSR count). The Morgan fingerprint density at radius 1 is 1.30 bits per heavy atom. The first kappa shape index (κ1) is 20.8. The first-order valence-electron chi connectivity index (χ1n) is 9.57. The summed E-state index contributed by atoms with van der Waals surface area (Å²) in [6.45, 7) is 4.74. The molecule has 3 heterocycles. The van der Waals surface area contributed by atoms with E-state index in [1.54, 1.807) is 11.6 Å². The highest BCUT2D eigenvalue weighted by atomic mass is 32.2. The molecule has 30 heavy (non-hydrogen) atoms. The van der Waals surface area contributed by atoms with Crippen molar-refractivity contribution in [3.8, 4) is 0 Å². The minimum absolute atomic E-state index is 0.0736. The van der Waals surface area contributed by atoms with E-state index < -0.39 is 21.7 Å². The fraction of sp³-hybridized carbons (Fsp3) is 0.421. The number of thiazole rings is 1. The predicted molar refractivity (Wildman–Crippen MR) is 113 cm³/mol. The van der Waals surface area contributed by atoms with Gasteiger partial charge in [-0.1, -0.05) is 13.8 Å². The minimum Gasteiger partial charge on any atom is -0.408 e. The van der Waals surface area contributed by atoms with Crippen LogP contribution in [-0.2, 0) is 21.4 Å². The Labute approximate surface area is 177 Å². The van der Waals surface area contributed by atoms with E-state index in [1.807, 2.05) is 13.8 Å². The molecule has 1 saturated heterocycles. The summed E-state index contributed by atoms with van der Waals surface area (Å²) in [5.74, 6) is -0.595. The number of nitrogens with zero attached hydrogens (tertiary/aromatic N) is 3. The van der Waals surface area contributed by atoms with Gasteiger partial charge in [-0.15, -0.1) is 11.3 Å². The molecule has 2 aromatic heterocycles. The van der Waals surface area contributed by atoms with Crippen LogP contribution in [0, 0.1) is 11.8 Å².